The Kier molecular flexibility index (Phi) is 6.93. The van der Waals surface area contributed by atoms with Crippen molar-refractivity contribution in [3.05, 3.63) is 112 Å². The van der Waals surface area contributed by atoms with Crippen molar-refractivity contribution in [3.63, 3.8) is 0 Å². The molecular formula is C26H17Cl2NO4. The third-order valence-electron chi connectivity index (χ3n) is 4.53. The fraction of sp³-hybridized carbons (Fsp3) is 0. The minimum Gasteiger partial charge on any atom is -0.465 e. The highest BCUT2D eigenvalue weighted by molar-refractivity contribution is 6.35. The maximum Gasteiger partial charge on any atom is 0.248 e. The van der Waals surface area contributed by atoms with Crippen LogP contribution < -0.4 is 5.32 Å². The number of carbonyl (C=O) groups is 2. The number of carbonyl (C=O) groups excluding carboxylic acids is 2. The smallest absolute Gasteiger partial charge is 0.248 e. The van der Waals surface area contributed by atoms with E-state index in [1.54, 1.807) is 78.9 Å². The molecule has 2 heterocycles. The molecule has 0 saturated carbocycles. The molecule has 2 aromatic heterocycles. The number of halogens is 2. The molecular weight excluding hydrogens is 461 g/mol. The van der Waals surface area contributed by atoms with Crippen LogP contribution in [0.25, 0.3) is 23.5 Å². The van der Waals surface area contributed by atoms with Gasteiger partial charge >= 0.3 is 0 Å². The van der Waals surface area contributed by atoms with E-state index < -0.39 is 0 Å². The molecule has 0 aliphatic heterocycles. The SMILES string of the molecule is O=C(/C=C/c1ccco1)Nc1cccc(C(=O)/C=C/c2ccc(-c3cc(Cl)cc(Cl)c3)o2)c1. The third kappa shape index (κ3) is 6.13. The molecule has 0 aliphatic rings. The van der Waals surface area contributed by atoms with Gasteiger partial charge in [-0.3, -0.25) is 9.59 Å². The first-order valence-corrected chi connectivity index (χ1v) is 10.6. The van der Waals surface area contributed by atoms with Crippen LogP contribution in [0, 0.1) is 0 Å². The van der Waals surface area contributed by atoms with Crippen LogP contribution >= 0.6 is 23.2 Å². The van der Waals surface area contributed by atoms with Crippen LogP contribution in [0.15, 0.2) is 94.0 Å². The van der Waals surface area contributed by atoms with Crippen LogP contribution in [0.4, 0.5) is 5.69 Å². The van der Waals surface area contributed by atoms with Crippen molar-refractivity contribution in [3.8, 4) is 11.3 Å². The summed E-state index contributed by atoms with van der Waals surface area (Å²) in [4.78, 5) is 24.7. The number of rotatable bonds is 7. The predicted molar refractivity (Wildman–Crippen MR) is 130 cm³/mol. The standard InChI is InChI=1S/C26H17Cl2NO4/c27-19-13-18(14-20(28)16-19)25-10-7-23(33-25)6-9-24(30)17-3-1-4-21(15-17)29-26(31)11-8-22-5-2-12-32-22/h1-16H,(H,29,31)/b9-6+,11-8+. The molecule has 1 amide bonds. The van der Waals surface area contributed by atoms with Gasteiger partial charge in [-0.1, -0.05) is 35.3 Å². The minimum absolute atomic E-state index is 0.235. The van der Waals surface area contributed by atoms with Gasteiger partial charge in [0, 0.05) is 32.9 Å². The molecule has 4 aromatic rings. The highest BCUT2D eigenvalue weighted by Gasteiger charge is 2.08. The first kappa shape index (κ1) is 22.4. The summed E-state index contributed by atoms with van der Waals surface area (Å²) in [6, 6.07) is 18.8. The van der Waals surface area contributed by atoms with Gasteiger partial charge < -0.3 is 14.2 Å². The maximum atomic E-state index is 12.6. The normalized spacial score (nSPS) is 11.3. The van der Waals surface area contributed by atoms with Crippen LogP contribution in [-0.4, -0.2) is 11.7 Å². The van der Waals surface area contributed by atoms with Gasteiger partial charge in [0.2, 0.25) is 5.91 Å². The van der Waals surface area contributed by atoms with E-state index in [-0.39, 0.29) is 11.7 Å². The molecule has 0 bridgehead atoms. The molecule has 0 unspecified atom stereocenters. The largest absolute Gasteiger partial charge is 0.465 e. The van der Waals surface area contributed by atoms with E-state index in [9.17, 15) is 9.59 Å². The summed E-state index contributed by atoms with van der Waals surface area (Å²) in [6.45, 7) is 0. The number of furan rings is 2. The molecule has 4 rings (SSSR count). The second-order valence-corrected chi connectivity index (χ2v) is 7.85. The Labute approximate surface area is 199 Å². The quantitative estimate of drug-likeness (QED) is 0.222. The minimum atomic E-state index is -0.337. The molecule has 1 N–H and O–H groups in total. The van der Waals surface area contributed by atoms with Crippen molar-refractivity contribution in [2.75, 3.05) is 5.32 Å². The summed E-state index contributed by atoms with van der Waals surface area (Å²) in [6.07, 6.45) is 7.42. The second-order valence-electron chi connectivity index (χ2n) is 6.98. The summed E-state index contributed by atoms with van der Waals surface area (Å²) in [5.74, 6) is 1.08. The lowest BCUT2D eigenvalue weighted by atomic mass is 10.1. The first-order valence-electron chi connectivity index (χ1n) is 9.88. The lowest BCUT2D eigenvalue weighted by Gasteiger charge is -2.03. The van der Waals surface area contributed by atoms with Crippen molar-refractivity contribution in [1.82, 2.24) is 0 Å². The Morgan fingerprint density at radius 1 is 0.818 bits per heavy atom. The highest BCUT2D eigenvalue weighted by Crippen LogP contribution is 2.29. The Balaban J connectivity index is 1.41. The summed E-state index contributed by atoms with van der Waals surface area (Å²) in [5.41, 5.74) is 1.66. The van der Waals surface area contributed by atoms with E-state index in [0.29, 0.717) is 38.6 Å². The van der Waals surface area contributed by atoms with E-state index in [0.717, 1.165) is 5.56 Å². The van der Waals surface area contributed by atoms with E-state index >= 15 is 0 Å². The number of hydrogen-bond donors (Lipinski definition) is 1. The lowest BCUT2D eigenvalue weighted by molar-refractivity contribution is -0.111. The molecule has 0 aliphatic carbocycles. The molecule has 0 spiro atoms. The number of amides is 1. The van der Waals surface area contributed by atoms with E-state index in [2.05, 4.69) is 5.32 Å². The van der Waals surface area contributed by atoms with Crippen molar-refractivity contribution in [2.24, 2.45) is 0 Å². The molecule has 2 aromatic carbocycles. The Bertz CT molecular complexity index is 1330. The fourth-order valence-electron chi connectivity index (χ4n) is 3.03. The van der Waals surface area contributed by atoms with E-state index in [4.69, 9.17) is 32.0 Å². The molecule has 0 atom stereocenters. The van der Waals surface area contributed by atoms with Crippen molar-refractivity contribution < 1.29 is 18.4 Å². The van der Waals surface area contributed by atoms with Gasteiger partial charge in [-0.15, -0.1) is 0 Å². The Morgan fingerprint density at radius 3 is 2.36 bits per heavy atom. The average molecular weight is 478 g/mol. The first-order chi connectivity index (χ1) is 16.0. The molecule has 5 nitrogen and oxygen atoms in total. The number of nitrogens with one attached hydrogen (secondary N) is 1. The van der Waals surface area contributed by atoms with Gasteiger partial charge in [-0.25, -0.2) is 0 Å². The van der Waals surface area contributed by atoms with Gasteiger partial charge in [0.25, 0.3) is 0 Å². The van der Waals surface area contributed by atoms with E-state index in [1.165, 1.54) is 18.4 Å². The van der Waals surface area contributed by atoms with Crippen molar-refractivity contribution >= 4 is 52.7 Å². The summed E-state index contributed by atoms with van der Waals surface area (Å²) >= 11 is 12.1. The molecule has 0 saturated heterocycles. The zero-order valence-corrected chi connectivity index (χ0v) is 18.6. The number of allylic oxidation sites excluding steroid dienone is 1. The predicted octanol–water partition coefficient (Wildman–Crippen LogP) is 7.39. The van der Waals surface area contributed by atoms with Crippen LogP contribution in [0.1, 0.15) is 21.9 Å². The summed E-state index contributed by atoms with van der Waals surface area (Å²) in [7, 11) is 0. The summed E-state index contributed by atoms with van der Waals surface area (Å²) in [5, 5.41) is 3.73. The van der Waals surface area contributed by atoms with Crippen LogP contribution in [-0.2, 0) is 4.79 Å². The molecule has 7 heteroatoms. The maximum absolute atomic E-state index is 12.6. The van der Waals surface area contributed by atoms with Crippen molar-refractivity contribution in [2.45, 2.75) is 0 Å². The van der Waals surface area contributed by atoms with Crippen LogP contribution in [0.2, 0.25) is 10.0 Å². The van der Waals surface area contributed by atoms with Gasteiger partial charge in [-0.2, -0.15) is 0 Å². The highest BCUT2D eigenvalue weighted by atomic mass is 35.5. The number of benzene rings is 2. The molecule has 33 heavy (non-hydrogen) atoms. The van der Waals surface area contributed by atoms with Crippen LogP contribution in [0.5, 0.6) is 0 Å². The van der Waals surface area contributed by atoms with Gasteiger partial charge in [0.15, 0.2) is 5.78 Å². The fourth-order valence-corrected chi connectivity index (χ4v) is 3.55. The zero-order valence-electron chi connectivity index (χ0n) is 17.1. The van der Waals surface area contributed by atoms with Crippen molar-refractivity contribution in [1.29, 1.82) is 0 Å². The monoisotopic (exact) mass is 477 g/mol. The topological polar surface area (TPSA) is 72.5 Å². The molecule has 0 radical (unpaired) electrons. The van der Waals surface area contributed by atoms with Gasteiger partial charge in [0.1, 0.15) is 17.3 Å². The lowest BCUT2D eigenvalue weighted by Crippen LogP contribution is -2.08. The Morgan fingerprint density at radius 2 is 1.61 bits per heavy atom. The average Bonchev–Trinajstić information content (AvgIpc) is 3.48. The second kappa shape index (κ2) is 10.2. The summed E-state index contributed by atoms with van der Waals surface area (Å²) < 4.78 is 10.9. The Hall–Kier alpha value is -3.80. The van der Waals surface area contributed by atoms with Crippen LogP contribution in [0.3, 0.4) is 0 Å². The zero-order chi connectivity index (χ0) is 23.2. The third-order valence-corrected chi connectivity index (χ3v) is 4.97. The molecule has 164 valence electrons. The number of hydrogen-bond acceptors (Lipinski definition) is 4. The number of ketones is 1. The number of anilines is 1. The molecule has 0 fully saturated rings. The van der Waals surface area contributed by atoms with Gasteiger partial charge in [0.05, 0.1) is 6.26 Å². The van der Waals surface area contributed by atoms with E-state index in [1.807, 2.05) is 0 Å². The van der Waals surface area contributed by atoms with Gasteiger partial charge in [-0.05, 0) is 72.8 Å².